The predicted molar refractivity (Wildman–Crippen MR) is 124 cm³/mol. The number of hydrazine groups is 1. The maximum Gasteiger partial charge on any atom is 0.328 e. The van der Waals surface area contributed by atoms with Crippen LogP contribution in [0.5, 0.6) is 5.75 Å². The van der Waals surface area contributed by atoms with Crippen molar-refractivity contribution in [2.75, 3.05) is 26.3 Å². The molecule has 2 N–H and O–H groups in total. The Morgan fingerprint density at radius 1 is 1.10 bits per heavy atom. The highest BCUT2D eigenvalue weighted by atomic mass is 127. The molecular formula is C20H20I2N2O5. The Bertz CT molecular complexity index is 865. The first-order valence-electron chi connectivity index (χ1n) is 8.99. The third kappa shape index (κ3) is 5.38. The van der Waals surface area contributed by atoms with Crippen LogP contribution in [0.3, 0.4) is 0 Å². The van der Waals surface area contributed by atoms with Gasteiger partial charge < -0.3 is 14.9 Å². The number of carboxylic acids is 1. The molecule has 1 unspecified atom stereocenters. The Kier molecular flexibility index (Phi) is 7.71. The van der Waals surface area contributed by atoms with Gasteiger partial charge in [0.1, 0.15) is 11.8 Å². The van der Waals surface area contributed by atoms with E-state index in [1.54, 1.807) is 41.4 Å². The molecule has 0 radical (unpaired) electrons. The molecule has 1 saturated heterocycles. The number of halogens is 2. The van der Waals surface area contributed by atoms with Gasteiger partial charge >= 0.3 is 5.97 Å². The van der Waals surface area contributed by atoms with Crippen LogP contribution in [0.1, 0.15) is 15.9 Å². The number of nitrogens with zero attached hydrogens (tertiary/aromatic N) is 2. The summed E-state index contributed by atoms with van der Waals surface area (Å²) >= 11 is 4.03. The van der Waals surface area contributed by atoms with Crippen LogP contribution in [0.15, 0.2) is 42.5 Å². The lowest BCUT2D eigenvalue weighted by Gasteiger charge is -2.40. The van der Waals surface area contributed by atoms with Crippen LogP contribution in [-0.2, 0) is 16.0 Å². The molecule has 0 aliphatic carbocycles. The number of hydrogen-bond acceptors (Lipinski definition) is 5. The molecule has 1 aliphatic rings. The van der Waals surface area contributed by atoms with Gasteiger partial charge in [0.05, 0.1) is 20.4 Å². The smallest absolute Gasteiger partial charge is 0.328 e. The number of hydrogen-bond donors (Lipinski definition) is 2. The second-order valence-electron chi connectivity index (χ2n) is 6.55. The maximum absolute atomic E-state index is 13.3. The number of carboxylic acid groups (broad SMARTS) is 1. The molecule has 1 amide bonds. The number of ether oxygens (including phenoxy) is 1. The Morgan fingerprint density at radius 2 is 1.69 bits per heavy atom. The molecule has 3 rings (SSSR count). The highest BCUT2D eigenvalue weighted by molar-refractivity contribution is 14.1. The fraction of sp³-hybridized carbons (Fsp3) is 0.300. The van der Waals surface area contributed by atoms with Crippen LogP contribution < -0.4 is 0 Å². The fourth-order valence-corrected chi connectivity index (χ4v) is 5.08. The number of aromatic hydroxyl groups is 1. The molecular weight excluding hydrogens is 602 g/mol. The van der Waals surface area contributed by atoms with Crippen molar-refractivity contribution in [3.8, 4) is 5.75 Å². The fourth-order valence-electron chi connectivity index (χ4n) is 3.19. The Balaban J connectivity index is 1.98. The average Bonchev–Trinajstić information content (AvgIpc) is 2.72. The summed E-state index contributed by atoms with van der Waals surface area (Å²) in [6.45, 7) is 1.74. The molecule has 2 aromatic rings. The minimum atomic E-state index is -1.09. The molecule has 9 heteroatoms. The molecule has 154 valence electrons. The molecule has 1 fully saturated rings. The zero-order valence-electron chi connectivity index (χ0n) is 15.4. The Hall–Kier alpha value is -1.44. The number of morpholine rings is 1. The lowest BCUT2D eigenvalue weighted by molar-refractivity contribution is -0.153. The summed E-state index contributed by atoms with van der Waals surface area (Å²) in [5.74, 6) is -1.27. The molecule has 0 spiro atoms. The summed E-state index contributed by atoms with van der Waals surface area (Å²) in [6.07, 6.45) is 0.123. The molecule has 0 bridgehead atoms. The van der Waals surface area contributed by atoms with Crippen LogP contribution in [0.2, 0.25) is 0 Å². The van der Waals surface area contributed by atoms with Crippen molar-refractivity contribution in [1.82, 2.24) is 10.0 Å². The maximum atomic E-state index is 13.3. The molecule has 29 heavy (non-hydrogen) atoms. The van der Waals surface area contributed by atoms with Crippen LogP contribution in [0, 0.1) is 7.14 Å². The van der Waals surface area contributed by atoms with Gasteiger partial charge in [-0.2, -0.15) is 0 Å². The molecule has 2 aromatic carbocycles. The van der Waals surface area contributed by atoms with Crippen LogP contribution in [0.25, 0.3) is 0 Å². The highest BCUT2D eigenvalue weighted by Crippen LogP contribution is 2.28. The van der Waals surface area contributed by atoms with E-state index in [0.29, 0.717) is 39.0 Å². The van der Waals surface area contributed by atoms with Crippen LogP contribution >= 0.6 is 45.2 Å². The number of carbonyl (C=O) groups is 2. The highest BCUT2D eigenvalue weighted by Gasteiger charge is 2.36. The van der Waals surface area contributed by atoms with Gasteiger partial charge in [-0.3, -0.25) is 9.80 Å². The van der Waals surface area contributed by atoms with Crippen molar-refractivity contribution < 1.29 is 24.5 Å². The number of phenols is 1. The van der Waals surface area contributed by atoms with Crippen molar-refractivity contribution >= 4 is 57.1 Å². The van der Waals surface area contributed by atoms with E-state index in [2.05, 4.69) is 0 Å². The third-order valence-corrected chi connectivity index (χ3v) is 6.25. The minimum Gasteiger partial charge on any atom is -0.506 e. The zero-order chi connectivity index (χ0) is 21.0. The molecule has 1 atom stereocenters. The zero-order valence-corrected chi connectivity index (χ0v) is 19.7. The summed E-state index contributed by atoms with van der Waals surface area (Å²) in [5, 5.41) is 23.1. The van der Waals surface area contributed by atoms with Gasteiger partial charge in [0, 0.05) is 25.1 Å². The van der Waals surface area contributed by atoms with Gasteiger partial charge in [0.25, 0.3) is 5.91 Å². The normalized spacial score (nSPS) is 15.7. The number of aliphatic carboxylic acids is 1. The summed E-state index contributed by atoms with van der Waals surface area (Å²) in [6, 6.07) is 11.1. The number of amides is 1. The van der Waals surface area contributed by atoms with Crippen molar-refractivity contribution in [1.29, 1.82) is 0 Å². The first-order valence-corrected chi connectivity index (χ1v) is 11.1. The van der Waals surface area contributed by atoms with Gasteiger partial charge in [-0.15, -0.1) is 0 Å². The van der Waals surface area contributed by atoms with Gasteiger partial charge in [-0.1, -0.05) is 18.2 Å². The SMILES string of the molecule is O=C(O)C(Cc1cc(I)c(O)c(I)c1)N(C(=O)c1ccccc1)N1CCOCC1. The summed E-state index contributed by atoms with van der Waals surface area (Å²) < 4.78 is 6.66. The monoisotopic (exact) mass is 622 g/mol. The van der Waals surface area contributed by atoms with E-state index in [0.717, 1.165) is 5.56 Å². The van der Waals surface area contributed by atoms with Crippen molar-refractivity contribution in [2.45, 2.75) is 12.5 Å². The average molecular weight is 622 g/mol. The second-order valence-corrected chi connectivity index (χ2v) is 8.87. The molecule has 7 nitrogen and oxygen atoms in total. The van der Waals surface area contributed by atoms with E-state index >= 15 is 0 Å². The molecule has 1 aliphatic heterocycles. The van der Waals surface area contributed by atoms with Gasteiger partial charge in [-0.05, 0) is 75.0 Å². The Morgan fingerprint density at radius 3 is 2.24 bits per heavy atom. The first kappa shape index (κ1) is 22.2. The van der Waals surface area contributed by atoms with E-state index in [9.17, 15) is 19.8 Å². The van der Waals surface area contributed by atoms with E-state index in [-0.39, 0.29) is 18.1 Å². The van der Waals surface area contributed by atoms with Gasteiger partial charge in [-0.25, -0.2) is 9.80 Å². The van der Waals surface area contributed by atoms with Crippen LogP contribution in [-0.4, -0.2) is 64.5 Å². The number of phenolic OH excluding ortho intramolecular Hbond substituents is 1. The van der Waals surface area contributed by atoms with Gasteiger partial charge in [0.15, 0.2) is 0 Å². The van der Waals surface area contributed by atoms with E-state index in [1.165, 1.54) is 5.01 Å². The topological polar surface area (TPSA) is 90.3 Å². The minimum absolute atomic E-state index is 0.123. The predicted octanol–water partition coefficient (Wildman–Crippen LogP) is 2.99. The largest absolute Gasteiger partial charge is 0.506 e. The quantitative estimate of drug-likeness (QED) is 0.482. The van der Waals surface area contributed by atoms with E-state index in [1.807, 2.05) is 51.2 Å². The Labute approximate surface area is 195 Å². The van der Waals surface area contributed by atoms with Crippen LogP contribution in [0.4, 0.5) is 0 Å². The third-order valence-electron chi connectivity index (χ3n) is 4.61. The summed E-state index contributed by atoms with van der Waals surface area (Å²) in [5.41, 5.74) is 1.17. The number of rotatable bonds is 6. The van der Waals surface area contributed by atoms with Gasteiger partial charge in [0.2, 0.25) is 0 Å². The summed E-state index contributed by atoms with van der Waals surface area (Å²) in [7, 11) is 0. The number of benzene rings is 2. The first-order chi connectivity index (χ1) is 13.9. The van der Waals surface area contributed by atoms with E-state index in [4.69, 9.17) is 4.74 Å². The lowest BCUT2D eigenvalue weighted by Crippen LogP contribution is -2.58. The molecule has 0 aromatic heterocycles. The van der Waals surface area contributed by atoms with E-state index < -0.39 is 12.0 Å². The van der Waals surface area contributed by atoms with Crippen molar-refractivity contribution in [3.05, 3.63) is 60.7 Å². The van der Waals surface area contributed by atoms with Crippen molar-refractivity contribution in [3.63, 3.8) is 0 Å². The lowest BCUT2D eigenvalue weighted by atomic mass is 10.0. The van der Waals surface area contributed by atoms with Crippen molar-refractivity contribution in [2.24, 2.45) is 0 Å². The molecule has 0 saturated carbocycles. The summed E-state index contributed by atoms with van der Waals surface area (Å²) in [4.78, 5) is 25.6. The standard InChI is InChI=1S/C20H20I2N2O5/c21-15-10-13(11-16(22)18(15)25)12-17(20(27)28)24(23-6-8-29-9-7-23)19(26)14-4-2-1-3-5-14/h1-5,10-11,17,25H,6-9,12H2,(H,27,28). The molecule has 1 heterocycles. The second kappa shape index (κ2) is 10.0. The number of carbonyl (C=O) groups excluding carboxylic acids is 1.